The maximum Gasteiger partial charge on any atom is 0.122 e. The number of ether oxygens (including phenoxy) is 2. The van der Waals surface area contributed by atoms with Crippen molar-refractivity contribution in [2.45, 2.75) is 20.3 Å². The Morgan fingerprint density at radius 3 is 2.65 bits per heavy atom. The van der Waals surface area contributed by atoms with Crippen molar-refractivity contribution in [1.29, 1.82) is 5.41 Å². The van der Waals surface area contributed by atoms with Crippen LogP contribution in [0.4, 0.5) is 0 Å². The van der Waals surface area contributed by atoms with Gasteiger partial charge >= 0.3 is 0 Å². The van der Waals surface area contributed by atoms with Crippen LogP contribution >= 0.6 is 0 Å². The van der Waals surface area contributed by atoms with Crippen molar-refractivity contribution < 1.29 is 9.47 Å². The number of nitrogens with two attached hydrogens (primary N) is 1. The lowest BCUT2D eigenvalue weighted by atomic mass is 10.1. The Bertz CT molecular complexity index is 378. The first-order valence-corrected chi connectivity index (χ1v) is 5.80. The van der Waals surface area contributed by atoms with E-state index in [1.54, 1.807) is 6.07 Å². The lowest BCUT2D eigenvalue weighted by molar-refractivity contribution is 0.100. The zero-order valence-corrected chi connectivity index (χ0v) is 10.5. The number of nitrogen functional groups attached to an aromatic ring is 1. The van der Waals surface area contributed by atoms with Gasteiger partial charge in [0, 0.05) is 12.2 Å². The quantitative estimate of drug-likeness (QED) is 0.432. The summed E-state index contributed by atoms with van der Waals surface area (Å²) in [6.45, 7) is 5.92. The fraction of sp³-hybridized carbons (Fsp3) is 0.462. The monoisotopic (exact) mass is 236 g/mol. The summed E-state index contributed by atoms with van der Waals surface area (Å²) in [5, 5.41) is 7.33. The van der Waals surface area contributed by atoms with Crippen LogP contribution in [0.1, 0.15) is 24.5 Å². The Labute approximate surface area is 102 Å². The van der Waals surface area contributed by atoms with Gasteiger partial charge in [-0.25, -0.2) is 0 Å². The first-order valence-electron chi connectivity index (χ1n) is 5.80. The first kappa shape index (κ1) is 13.5. The van der Waals surface area contributed by atoms with Gasteiger partial charge in [-0.1, -0.05) is 6.92 Å². The average Bonchev–Trinajstić information content (AvgIpc) is 2.30. The third-order valence-electron chi connectivity index (χ3n) is 2.32. The molecule has 1 aromatic carbocycles. The molecule has 0 aliphatic heterocycles. The van der Waals surface area contributed by atoms with Crippen molar-refractivity contribution in [3.05, 3.63) is 29.3 Å². The largest absolute Gasteiger partial charge is 0.491 e. The van der Waals surface area contributed by atoms with Crippen LogP contribution in [-0.2, 0) is 4.74 Å². The summed E-state index contributed by atoms with van der Waals surface area (Å²) >= 11 is 0. The Kier molecular flexibility index (Phi) is 5.49. The van der Waals surface area contributed by atoms with Gasteiger partial charge in [0.1, 0.15) is 18.2 Å². The smallest absolute Gasteiger partial charge is 0.122 e. The van der Waals surface area contributed by atoms with Gasteiger partial charge in [0.2, 0.25) is 0 Å². The van der Waals surface area contributed by atoms with E-state index in [0.717, 1.165) is 29.9 Å². The SMILES string of the molecule is CCCOCCOc1ccc(C(=N)N)cc1C. The zero-order valence-electron chi connectivity index (χ0n) is 10.5. The van der Waals surface area contributed by atoms with Crippen LogP contribution in [0.2, 0.25) is 0 Å². The van der Waals surface area contributed by atoms with Crippen LogP contribution in [0.3, 0.4) is 0 Å². The summed E-state index contributed by atoms with van der Waals surface area (Å²) in [5.74, 6) is 0.890. The summed E-state index contributed by atoms with van der Waals surface area (Å²) in [7, 11) is 0. The Morgan fingerprint density at radius 1 is 1.29 bits per heavy atom. The van der Waals surface area contributed by atoms with Gasteiger partial charge < -0.3 is 15.2 Å². The van der Waals surface area contributed by atoms with E-state index in [2.05, 4.69) is 6.92 Å². The Balaban J connectivity index is 2.46. The highest BCUT2D eigenvalue weighted by molar-refractivity contribution is 5.95. The van der Waals surface area contributed by atoms with Crippen molar-refractivity contribution in [2.24, 2.45) is 5.73 Å². The van der Waals surface area contributed by atoms with Gasteiger partial charge in [-0.3, -0.25) is 5.41 Å². The molecular formula is C13H20N2O2. The lowest BCUT2D eigenvalue weighted by Gasteiger charge is -2.10. The minimum absolute atomic E-state index is 0.0749. The molecule has 0 aromatic heterocycles. The van der Waals surface area contributed by atoms with Gasteiger partial charge in [-0.15, -0.1) is 0 Å². The van der Waals surface area contributed by atoms with E-state index >= 15 is 0 Å². The summed E-state index contributed by atoms with van der Waals surface area (Å²) < 4.78 is 10.9. The van der Waals surface area contributed by atoms with Crippen LogP contribution < -0.4 is 10.5 Å². The number of hydrogen-bond acceptors (Lipinski definition) is 3. The van der Waals surface area contributed by atoms with Crippen LogP contribution in [0.25, 0.3) is 0 Å². The number of nitrogens with one attached hydrogen (secondary N) is 1. The fourth-order valence-corrected chi connectivity index (χ4v) is 1.44. The highest BCUT2D eigenvalue weighted by atomic mass is 16.5. The third-order valence-corrected chi connectivity index (χ3v) is 2.32. The van der Waals surface area contributed by atoms with E-state index in [-0.39, 0.29) is 5.84 Å². The van der Waals surface area contributed by atoms with Crippen molar-refractivity contribution in [2.75, 3.05) is 19.8 Å². The molecule has 17 heavy (non-hydrogen) atoms. The van der Waals surface area contributed by atoms with Gasteiger partial charge in [-0.2, -0.15) is 0 Å². The molecule has 4 nitrogen and oxygen atoms in total. The van der Waals surface area contributed by atoms with E-state index in [1.165, 1.54) is 0 Å². The van der Waals surface area contributed by atoms with E-state index in [9.17, 15) is 0 Å². The molecule has 4 heteroatoms. The molecule has 0 unspecified atom stereocenters. The van der Waals surface area contributed by atoms with Crippen LogP contribution in [0.5, 0.6) is 5.75 Å². The molecule has 0 atom stereocenters. The predicted molar refractivity (Wildman–Crippen MR) is 68.8 cm³/mol. The second kappa shape index (κ2) is 6.91. The number of benzene rings is 1. The normalized spacial score (nSPS) is 10.2. The van der Waals surface area contributed by atoms with Crippen LogP contribution in [0, 0.1) is 12.3 Å². The molecule has 0 heterocycles. The van der Waals surface area contributed by atoms with Crippen molar-refractivity contribution in [3.63, 3.8) is 0 Å². The summed E-state index contributed by atoms with van der Waals surface area (Å²) in [6, 6.07) is 5.48. The molecule has 0 spiro atoms. The molecule has 0 aliphatic carbocycles. The molecule has 0 saturated heterocycles. The van der Waals surface area contributed by atoms with E-state index in [0.29, 0.717) is 13.2 Å². The molecule has 0 bridgehead atoms. The number of hydrogen-bond donors (Lipinski definition) is 2. The van der Waals surface area contributed by atoms with E-state index < -0.39 is 0 Å². The van der Waals surface area contributed by atoms with Crippen molar-refractivity contribution in [1.82, 2.24) is 0 Å². The molecule has 1 rings (SSSR count). The molecule has 0 fully saturated rings. The zero-order chi connectivity index (χ0) is 12.7. The van der Waals surface area contributed by atoms with Crippen molar-refractivity contribution in [3.8, 4) is 5.75 Å². The Hall–Kier alpha value is -1.55. The second-order valence-corrected chi connectivity index (χ2v) is 3.85. The molecule has 1 aromatic rings. The molecular weight excluding hydrogens is 216 g/mol. The first-order chi connectivity index (χ1) is 8.15. The summed E-state index contributed by atoms with van der Waals surface area (Å²) in [6.07, 6.45) is 1.02. The molecule has 0 amide bonds. The highest BCUT2D eigenvalue weighted by Crippen LogP contribution is 2.18. The minimum Gasteiger partial charge on any atom is -0.491 e. The van der Waals surface area contributed by atoms with Gasteiger partial charge in [0.05, 0.1) is 6.61 Å². The second-order valence-electron chi connectivity index (χ2n) is 3.85. The maximum absolute atomic E-state index is 7.33. The topological polar surface area (TPSA) is 68.3 Å². The fourth-order valence-electron chi connectivity index (χ4n) is 1.44. The summed E-state index contributed by atoms with van der Waals surface area (Å²) in [5.41, 5.74) is 7.11. The number of rotatable bonds is 7. The highest BCUT2D eigenvalue weighted by Gasteiger charge is 2.02. The number of aryl methyl sites for hydroxylation is 1. The lowest BCUT2D eigenvalue weighted by Crippen LogP contribution is -2.12. The third kappa shape index (κ3) is 4.44. The molecule has 3 N–H and O–H groups in total. The standard InChI is InChI=1S/C13H20N2O2/c1-3-6-16-7-8-17-12-5-4-11(13(14)15)9-10(12)2/h4-5,9H,3,6-8H2,1-2H3,(H3,14,15). The number of amidine groups is 1. The Morgan fingerprint density at radius 2 is 2.06 bits per heavy atom. The van der Waals surface area contributed by atoms with E-state index in [1.807, 2.05) is 19.1 Å². The molecule has 94 valence electrons. The van der Waals surface area contributed by atoms with E-state index in [4.69, 9.17) is 20.6 Å². The van der Waals surface area contributed by atoms with Crippen LogP contribution in [0.15, 0.2) is 18.2 Å². The maximum atomic E-state index is 7.33. The molecule has 0 aliphatic rings. The van der Waals surface area contributed by atoms with Gasteiger partial charge in [-0.05, 0) is 37.1 Å². The average molecular weight is 236 g/mol. The molecule has 0 saturated carbocycles. The van der Waals surface area contributed by atoms with Crippen molar-refractivity contribution >= 4 is 5.84 Å². The predicted octanol–water partition coefficient (Wildman–Crippen LogP) is 2.08. The van der Waals surface area contributed by atoms with Gasteiger partial charge in [0.15, 0.2) is 0 Å². The summed E-state index contributed by atoms with van der Waals surface area (Å²) in [4.78, 5) is 0. The van der Waals surface area contributed by atoms with Crippen LogP contribution in [-0.4, -0.2) is 25.7 Å². The molecule has 0 radical (unpaired) electrons. The minimum atomic E-state index is 0.0749. The van der Waals surface area contributed by atoms with Gasteiger partial charge in [0.25, 0.3) is 0 Å².